The summed E-state index contributed by atoms with van der Waals surface area (Å²) in [5.41, 5.74) is -0.811. The van der Waals surface area contributed by atoms with E-state index in [1.54, 1.807) is 10.9 Å². The number of halogens is 4. The van der Waals surface area contributed by atoms with E-state index in [4.69, 9.17) is 0 Å². The summed E-state index contributed by atoms with van der Waals surface area (Å²) in [5.74, 6) is -1.29. The van der Waals surface area contributed by atoms with Crippen LogP contribution in [0, 0.1) is 5.82 Å². The van der Waals surface area contributed by atoms with Crippen LogP contribution in [0.1, 0.15) is 11.6 Å². The van der Waals surface area contributed by atoms with E-state index < -0.39 is 17.6 Å². The van der Waals surface area contributed by atoms with Crippen LogP contribution in [0.15, 0.2) is 24.4 Å². The third-order valence-electron chi connectivity index (χ3n) is 3.21. The van der Waals surface area contributed by atoms with Crippen molar-refractivity contribution >= 4 is 0 Å². The van der Waals surface area contributed by atoms with Gasteiger partial charge >= 0.3 is 6.18 Å². The van der Waals surface area contributed by atoms with Crippen molar-refractivity contribution in [1.29, 1.82) is 0 Å². The molecule has 0 bridgehead atoms. The monoisotopic (exact) mass is 286 g/mol. The number of nitrogens with zero attached hydrogens (tertiary/aromatic N) is 3. The average Bonchev–Trinajstić information content (AvgIpc) is 2.75. The van der Waals surface area contributed by atoms with E-state index in [0.29, 0.717) is 5.69 Å². The van der Waals surface area contributed by atoms with E-state index in [1.165, 1.54) is 6.07 Å². The van der Waals surface area contributed by atoms with Gasteiger partial charge in [0.25, 0.3) is 0 Å². The maximum absolute atomic E-state index is 13.2. The molecule has 1 N–H and O–H groups in total. The van der Waals surface area contributed by atoms with Gasteiger partial charge in [0.05, 0.1) is 17.8 Å². The second-order valence-corrected chi connectivity index (χ2v) is 4.59. The van der Waals surface area contributed by atoms with Gasteiger partial charge in [0, 0.05) is 18.7 Å². The lowest BCUT2D eigenvalue weighted by atomic mass is 10.1. The largest absolute Gasteiger partial charge is 0.419 e. The first-order valence-corrected chi connectivity index (χ1v) is 5.95. The van der Waals surface area contributed by atoms with Crippen molar-refractivity contribution in [1.82, 2.24) is 20.3 Å². The summed E-state index contributed by atoms with van der Waals surface area (Å²) < 4.78 is 52.8. The van der Waals surface area contributed by atoms with Crippen LogP contribution in [0.25, 0.3) is 11.3 Å². The van der Waals surface area contributed by atoms with Crippen molar-refractivity contribution < 1.29 is 17.6 Å². The predicted octanol–water partition coefficient (Wildman–Crippen LogP) is 2.25. The highest BCUT2D eigenvalue weighted by Crippen LogP contribution is 2.33. The molecule has 0 atom stereocenters. The van der Waals surface area contributed by atoms with Gasteiger partial charge in [-0.1, -0.05) is 5.21 Å². The first-order valence-electron chi connectivity index (χ1n) is 5.95. The topological polar surface area (TPSA) is 42.7 Å². The highest BCUT2D eigenvalue weighted by atomic mass is 19.4. The van der Waals surface area contributed by atoms with Gasteiger partial charge in [-0.05, 0) is 18.2 Å². The molecule has 1 fully saturated rings. The zero-order valence-corrected chi connectivity index (χ0v) is 10.2. The van der Waals surface area contributed by atoms with Gasteiger partial charge in [0.2, 0.25) is 0 Å². The predicted molar refractivity (Wildman–Crippen MR) is 62.3 cm³/mol. The minimum atomic E-state index is -4.73. The van der Waals surface area contributed by atoms with Gasteiger partial charge in [0.15, 0.2) is 0 Å². The van der Waals surface area contributed by atoms with Crippen molar-refractivity contribution in [2.24, 2.45) is 0 Å². The first-order chi connectivity index (χ1) is 9.45. The number of alkyl halides is 3. The molecule has 1 aromatic carbocycles. The summed E-state index contributed by atoms with van der Waals surface area (Å²) in [5, 5.41) is 10.8. The Balaban J connectivity index is 1.95. The fourth-order valence-electron chi connectivity index (χ4n) is 1.95. The van der Waals surface area contributed by atoms with E-state index in [9.17, 15) is 17.6 Å². The second-order valence-electron chi connectivity index (χ2n) is 4.59. The zero-order valence-electron chi connectivity index (χ0n) is 10.2. The Kier molecular flexibility index (Phi) is 2.97. The van der Waals surface area contributed by atoms with Crippen molar-refractivity contribution in [3.63, 3.8) is 0 Å². The van der Waals surface area contributed by atoms with Gasteiger partial charge in [-0.15, -0.1) is 5.10 Å². The van der Waals surface area contributed by atoms with Crippen LogP contribution in [-0.2, 0) is 6.18 Å². The van der Waals surface area contributed by atoms with E-state index >= 15 is 0 Å². The fourth-order valence-corrected chi connectivity index (χ4v) is 1.95. The van der Waals surface area contributed by atoms with Crippen molar-refractivity contribution in [2.45, 2.75) is 12.2 Å². The van der Waals surface area contributed by atoms with Crippen LogP contribution in [0.2, 0.25) is 0 Å². The Morgan fingerprint density at radius 3 is 2.60 bits per heavy atom. The molecule has 0 radical (unpaired) electrons. The zero-order chi connectivity index (χ0) is 14.3. The quantitative estimate of drug-likeness (QED) is 0.861. The molecule has 106 valence electrons. The van der Waals surface area contributed by atoms with Gasteiger partial charge in [-0.25, -0.2) is 9.07 Å². The highest BCUT2D eigenvalue weighted by molar-refractivity contribution is 5.59. The highest BCUT2D eigenvalue weighted by Gasteiger charge is 2.34. The third kappa shape index (κ3) is 2.26. The number of nitrogens with one attached hydrogen (secondary N) is 1. The fraction of sp³-hybridized carbons (Fsp3) is 0.333. The Bertz CT molecular complexity index is 631. The lowest BCUT2D eigenvalue weighted by Crippen LogP contribution is -2.43. The molecule has 0 spiro atoms. The molecule has 0 saturated carbocycles. The number of aromatic nitrogens is 3. The Labute approximate surface area is 111 Å². The van der Waals surface area contributed by atoms with Crippen LogP contribution in [0.3, 0.4) is 0 Å². The van der Waals surface area contributed by atoms with Crippen LogP contribution >= 0.6 is 0 Å². The van der Waals surface area contributed by atoms with E-state index in [2.05, 4.69) is 15.6 Å². The lowest BCUT2D eigenvalue weighted by molar-refractivity contribution is -0.139. The summed E-state index contributed by atoms with van der Waals surface area (Å²) in [6, 6.07) is 2.97. The SMILES string of the molecule is Fc1ccc(-c2cn(C3CNC3)nn2)cc1C(F)(F)F. The molecule has 20 heavy (non-hydrogen) atoms. The molecule has 4 nitrogen and oxygen atoms in total. The molecular weight excluding hydrogens is 276 g/mol. The van der Waals surface area contributed by atoms with Crippen molar-refractivity contribution in [2.75, 3.05) is 13.1 Å². The molecule has 8 heteroatoms. The molecular formula is C12H10F4N4. The van der Waals surface area contributed by atoms with Crippen LogP contribution in [-0.4, -0.2) is 28.1 Å². The summed E-state index contributed by atoms with van der Waals surface area (Å²) >= 11 is 0. The Hall–Kier alpha value is -1.96. The molecule has 1 saturated heterocycles. The smallest absolute Gasteiger partial charge is 0.312 e. The van der Waals surface area contributed by atoms with Gasteiger partial charge in [-0.3, -0.25) is 0 Å². The summed E-state index contributed by atoms with van der Waals surface area (Å²) in [4.78, 5) is 0. The average molecular weight is 286 g/mol. The normalized spacial score (nSPS) is 16.2. The number of rotatable bonds is 2. The molecule has 2 aromatic rings. The maximum Gasteiger partial charge on any atom is 0.419 e. The summed E-state index contributed by atoms with van der Waals surface area (Å²) in [7, 11) is 0. The minimum absolute atomic E-state index is 0.166. The van der Waals surface area contributed by atoms with Crippen molar-refractivity contribution in [3.8, 4) is 11.3 Å². The van der Waals surface area contributed by atoms with Gasteiger partial charge in [-0.2, -0.15) is 13.2 Å². The molecule has 0 aliphatic carbocycles. The molecule has 1 aliphatic rings. The number of hydrogen-bond acceptors (Lipinski definition) is 3. The van der Waals surface area contributed by atoms with Crippen molar-refractivity contribution in [3.05, 3.63) is 35.8 Å². The second kappa shape index (κ2) is 4.55. The molecule has 2 heterocycles. The molecule has 0 unspecified atom stereocenters. The van der Waals surface area contributed by atoms with Crippen LogP contribution in [0.4, 0.5) is 17.6 Å². The minimum Gasteiger partial charge on any atom is -0.312 e. The first kappa shape index (κ1) is 13.0. The Morgan fingerprint density at radius 2 is 2.00 bits per heavy atom. The Morgan fingerprint density at radius 1 is 1.25 bits per heavy atom. The summed E-state index contributed by atoms with van der Waals surface area (Å²) in [6.07, 6.45) is -3.16. The molecule has 0 amide bonds. The third-order valence-corrected chi connectivity index (χ3v) is 3.21. The van der Waals surface area contributed by atoms with E-state index in [1.807, 2.05) is 0 Å². The number of benzene rings is 1. The molecule has 1 aromatic heterocycles. The van der Waals surface area contributed by atoms with Crippen LogP contribution in [0.5, 0.6) is 0 Å². The van der Waals surface area contributed by atoms with Gasteiger partial charge in [0.1, 0.15) is 11.5 Å². The number of hydrogen-bond donors (Lipinski definition) is 1. The van der Waals surface area contributed by atoms with E-state index in [-0.39, 0.29) is 11.6 Å². The lowest BCUT2D eigenvalue weighted by Gasteiger charge is -2.26. The maximum atomic E-state index is 13.2. The standard InChI is InChI=1S/C12H10F4N4/c13-10-2-1-7(3-9(10)12(14,15)16)11-6-20(19-18-11)8-4-17-5-8/h1-3,6,8,17H,4-5H2. The van der Waals surface area contributed by atoms with Gasteiger partial charge < -0.3 is 5.32 Å². The molecule has 1 aliphatic heterocycles. The van der Waals surface area contributed by atoms with E-state index in [0.717, 1.165) is 25.2 Å². The molecule has 3 rings (SSSR count). The van der Waals surface area contributed by atoms with Crippen LogP contribution < -0.4 is 5.32 Å². The summed E-state index contributed by atoms with van der Waals surface area (Å²) in [6.45, 7) is 1.50.